The molecule has 2 aromatic rings. The van der Waals surface area contributed by atoms with Crippen LogP contribution in [0.15, 0.2) is 36.4 Å². The Morgan fingerprint density at radius 1 is 0.957 bits per heavy atom. The van der Waals surface area contributed by atoms with Gasteiger partial charge >= 0.3 is 0 Å². The highest BCUT2D eigenvalue weighted by molar-refractivity contribution is 14.1. The SMILES string of the molecule is COc1ccc(CNC(C)c2cc(OC)c(I)cc2OC)cc1. The fraction of sp³-hybridized carbons (Fsp3) is 0.333. The summed E-state index contributed by atoms with van der Waals surface area (Å²) in [6, 6.07) is 12.2. The average Bonchev–Trinajstić information content (AvgIpc) is 2.59. The Hall–Kier alpha value is -1.47. The van der Waals surface area contributed by atoms with Crippen LogP contribution < -0.4 is 19.5 Å². The van der Waals surface area contributed by atoms with Gasteiger partial charge in [0, 0.05) is 18.2 Å². The molecule has 0 bridgehead atoms. The Labute approximate surface area is 151 Å². The zero-order valence-corrected chi connectivity index (χ0v) is 16.0. The van der Waals surface area contributed by atoms with E-state index >= 15 is 0 Å². The number of methoxy groups -OCH3 is 3. The van der Waals surface area contributed by atoms with Gasteiger partial charge in [-0.05, 0) is 59.3 Å². The van der Waals surface area contributed by atoms with E-state index in [0.717, 1.165) is 32.9 Å². The lowest BCUT2D eigenvalue weighted by atomic mass is 10.1. The zero-order chi connectivity index (χ0) is 16.8. The van der Waals surface area contributed by atoms with Crippen LogP contribution in [0.5, 0.6) is 17.2 Å². The second kappa shape index (κ2) is 8.40. The molecule has 0 saturated carbocycles. The minimum absolute atomic E-state index is 0.137. The maximum absolute atomic E-state index is 5.51. The van der Waals surface area contributed by atoms with Crippen molar-refractivity contribution in [2.45, 2.75) is 19.5 Å². The number of benzene rings is 2. The molecule has 0 fully saturated rings. The van der Waals surface area contributed by atoms with Gasteiger partial charge in [-0.15, -0.1) is 0 Å². The molecule has 2 aromatic carbocycles. The molecule has 1 atom stereocenters. The largest absolute Gasteiger partial charge is 0.497 e. The maximum atomic E-state index is 5.51. The Balaban J connectivity index is 2.11. The summed E-state index contributed by atoms with van der Waals surface area (Å²) in [5.74, 6) is 2.59. The number of nitrogens with one attached hydrogen (secondary N) is 1. The van der Waals surface area contributed by atoms with Crippen LogP contribution in [0, 0.1) is 3.57 Å². The van der Waals surface area contributed by atoms with Crippen molar-refractivity contribution in [2.75, 3.05) is 21.3 Å². The van der Waals surface area contributed by atoms with Crippen molar-refractivity contribution in [3.05, 3.63) is 51.1 Å². The molecule has 0 aliphatic heterocycles. The van der Waals surface area contributed by atoms with Crippen LogP contribution in [0.25, 0.3) is 0 Å². The number of hydrogen-bond donors (Lipinski definition) is 1. The Bertz CT molecular complexity index is 643. The summed E-state index contributed by atoms with van der Waals surface area (Å²) in [7, 11) is 5.05. The lowest BCUT2D eigenvalue weighted by molar-refractivity contribution is 0.389. The van der Waals surface area contributed by atoms with Crippen molar-refractivity contribution in [3.8, 4) is 17.2 Å². The third kappa shape index (κ3) is 4.51. The molecule has 0 aliphatic carbocycles. The van der Waals surface area contributed by atoms with E-state index in [1.54, 1.807) is 21.3 Å². The van der Waals surface area contributed by atoms with Crippen molar-refractivity contribution < 1.29 is 14.2 Å². The maximum Gasteiger partial charge on any atom is 0.132 e. The highest BCUT2D eigenvalue weighted by Crippen LogP contribution is 2.33. The summed E-state index contributed by atoms with van der Waals surface area (Å²) in [6.45, 7) is 2.89. The lowest BCUT2D eigenvalue weighted by Crippen LogP contribution is -2.19. The first-order chi connectivity index (χ1) is 11.1. The van der Waals surface area contributed by atoms with E-state index in [9.17, 15) is 0 Å². The van der Waals surface area contributed by atoms with Crippen molar-refractivity contribution in [3.63, 3.8) is 0 Å². The smallest absolute Gasteiger partial charge is 0.132 e. The molecule has 0 spiro atoms. The fourth-order valence-corrected chi connectivity index (χ4v) is 3.01. The first kappa shape index (κ1) is 17.9. The standard InChI is InChI=1S/C18H22INO3/c1-12(20-11-13-5-7-14(21-2)8-6-13)15-9-18(23-4)16(19)10-17(15)22-3/h5-10,12,20H,11H2,1-4H3. The molecule has 0 saturated heterocycles. The van der Waals surface area contributed by atoms with E-state index in [4.69, 9.17) is 14.2 Å². The van der Waals surface area contributed by atoms with E-state index in [-0.39, 0.29) is 6.04 Å². The molecule has 23 heavy (non-hydrogen) atoms. The summed E-state index contributed by atoms with van der Waals surface area (Å²) >= 11 is 2.25. The molecule has 2 rings (SSSR count). The molecule has 5 heteroatoms. The van der Waals surface area contributed by atoms with Crippen LogP contribution in [0.3, 0.4) is 0 Å². The van der Waals surface area contributed by atoms with Gasteiger partial charge in [0.05, 0.1) is 24.9 Å². The number of rotatable bonds is 7. The van der Waals surface area contributed by atoms with Gasteiger partial charge in [-0.3, -0.25) is 0 Å². The van der Waals surface area contributed by atoms with Crippen LogP contribution in [0.2, 0.25) is 0 Å². The molecule has 0 amide bonds. The van der Waals surface area contributed by atoms with Gasteiger partial charge < -0.3 is 19.5 Å². The van der Waals surface area contributed by atoms with E-state index in [1.165, 1.54) is 5.56 Å². The fourth-order valence-electron chi connectivity index (χ4n) is 2.35. The van der Waals surface area contributed by atoms with Gasteiger partial charge in [-0.25, -0.2) is 0 Å². The first-order valence-corrected chi connectivity index (χ1v) is 8.44. The molecule has 124 valence electrons. The summed E-state index contributed by atoms with van der Waals surface area (Å²) in [6.07, 6.45) is 0. The molecule has 0 aliphatic rings. The molecule has 4 nitrogen and oxygen atoms in total. The molecule has 1 unspecified atom stereocenters. The highest BCUT2D eigenvalue weighted by atomic mass is 127. The highest BCUT2D eigenvalue weighted by Gasteiger charge is 2.15. The van der Waals surface area contributed by atoms with Crippen molar-refractivity contribution in [1.82, 2.24) is 5.32 Å². The van der Waals surface area contributed by atoms with E-state index in [0.29, 0.717) is 0 Å². The zero-order valence-electron chi connectivity index (χ0n) is 13.9. The normalized spacial score (nSPS) is 11.9. The van der Waals surface area contributed by atoms with Gasteiger partial charge in [-0.2, -0.15) is 0 Å². The Morgan fingerprint density at radius 2 is 1.61 bits per heavy atom. The second-order valence-corrected chi connectivity index (χ2v) is 6.34. The first-order valence-electron chi connectivity index (χ1n) is 7.36. The molecular formula is C18H22INO3. The third-order valence-corrected chi connectivity index (χ3v) is 4.59. The van der Waals surface area contributed by atoms with E-state index in [2.05, 4.69) is 47.0 Å². The predicted molar refractivity (Wildman–Crippen MR) is 101 cm³/mol. The van der Waals surface area contributed by atoms with Crippen LogP contribution >= 0.6 is 22.6 Å². The molecule has 0 heterocycles. The van der Waals surface area contributed by atoms with Crippen LogP contribution in [-0.4, -0.2) is 21.3 Å². The monoisotopic (exact) mass is 427 g/mol. The van der Waals surface area contributed by atoms with Crippen molar-refractivity contribution in [2.24, 2.45) is 0 Å². The minimum Gasteiger partial charge on any atom is -0.497 e. The van der Waals surface area contributed by atoms with E-state index < -0.39 is 0 Å². The lowest BCUT2D eigenvalue weighted by Gasteiger charge is -2.19. The quantitative estimate of drug-likeness (QED) is 0.674. The molecule has 1 N–H and O–H groups in total. The Kier molecular flexibility index (Phi) is 6.53. The van der Waals surface area contributed by atoms with E-state index in [1.807, 2.05) is 24.3 Å². The third-order valence-electron chi connectivity index (χ3n) is 3.74. The molecular weight excluding hydrogens is 405 g/mol. The van der Waals surface area contributed by atoms with Crippen molar-refractivity contribution >= 4 is 22.6 Å². The number of ether oxygens (including phenoxy) is 3. The predicted octanol–water partition coefficient (Wildman–Crippen LogP) is 4.17. The van der Waals surface area contributed by atoms with Gasteiger partial charge in [0.2, 0.25) is 0 Å². The van der Waals surface area contributed by atoms with Gasteiger partial charge in [-0.1, -0.05) is 12.1 Å². The summed E-state index contributed by atoms with van der Waals surface area (Å²) in [5, 5.41) is 3.52. The van der Waals surface area contributed by atoms with Gasteiger partial charge in [0.25, 0.3) is 0 Å². The van der Waals surface area contributed by atoms with Crippen molar-refractivity contribution in [1.29, 1.82) is 0 Å². The van der Waals surface area contributed by atoms with Crippen LogP contribution in [0.1, 0.15) is 24.1 Å². The van der Waals surface area contributed by atoms with Gasteiger partial charge in [0.15, 0.2) is 0 Å². The topological polar surface area (TPSA) is 39.7 Å². The number of hydrogen-bond acceptors (Lipinski definition) is 4. The van der Waals surface area contributed by atoms with Gasteiger partial charge in [0.1, 0.15) is 17.2 Å². The summed E-state index contributed by atoms with van der Waals surface area (Å²) in [5.41, 5.74) is 2.28. The minimum atomic E-state index is 0.137. The number of halogens is 1. The van der Waals surface area contributed by atoms with Crippen LogP contribution in [-0.2, 0) is 6.54 Å². The average molecular weight is 427 g/mol. The summed E-state index contributed by atoms with van der Waals surface area (Å²) in [4.78, 5) is 0. The molecule has 0 aromatic heterocycles. The van der Waals surface area contributed by atoms with Crippen LogP contribution in [0.4, 0.5) is 0 Å². The second-order valence-electron chi connectivity index (χ2n) is 5.18. The summed E-state index contributed by atoms with van der Waals surface area (Å²) < 4.78 is 17.1. The Morgan fingerprint density at radius 3 is 2.17 bits per heavy atom. The molecule has 0 radical (unpaired) electrons.